The van der Waals surface area contributed by atoms with Crippen molar-refractivity contribution >= 4 is 50.4 Å². The average molecular weight is 422 g/mol. The van der Waals surface area contributed by atoms with E-state index in [2.05, 4.69) is 32.0 Å². The van der Waals surface area contributed by atoms with E-state index in [-0.39, 0.29) is 0 Å². The first-order chi connectivity index (χ1) is 12.7. The smallest absolute Gasteiger partial charge is 0.165 e. The molecule has 0 saturated heterocycles. The molecule has 2 heterocycles. The topological polar surface area (TPSA) is 65.6 Å². The minimum absolute atomic E-state index is 0.427. The summed E-state index contributed by atoms with van der Waals surface area (Å²) >= 11 is 4.95. The van der Waals surface area contributed by atoms with E-state index in [9.17, 15) is 5.26 Å². The second-order valence-corrected chi connectivity index (χ2v) is 7.48. The molecule has 0 saturated carbocycles. The Morgan fingerprint density at radius 1 is 1.12 bits per heavy atom. The summed E-state index contributed by atoms with van der Waals surface area (Å²) in [5.41, 5.74) is 2.15. The zero-order valence-corrected chi connectivity index (χ0v) is 15.8. The van der Waals surface area contributed by atoms with E-state index >= 15 is 0 Å². The zero-order valence-electron chi connectivity index (χ0n) is 13.4. The number of benzene rings is 2. The molecule has 1 N–H and O–H groups in total. The highest BCUT2D eigenvalue weighted by atomic mass is 79.9. The van der Waals surface area contributed by atoms with Gasteiger partial charge in [0.15, 0.2) is 5.09 Å². The summed E-state index contributed by atoms with van der Waals surface area (Å²) in [4.78, 5) is 8.71. The highest BCUT2D eigenvalue weighted by Gasteiger charge is 2.09. The van der Waals surface area contributed by atoms with Crippen molar-refractivity contribution < 1.29 is 4.42 Å². The number of aromatic nitrogens is 2. The first-order valence-corrected chi connectivity index (χ1v) is 9.42. The summed E-state index contributed by atoms with van der Waals surface area (Å²) < 4.78 is 6.86. The molecule has 4 aromatic rings. The van der Waals surface area contributed by atoms with Crippen LogP contribution in [0.2, 0.25) is 0 Å². The van der Waals surface area contributed by atoms with Gasteiger partial charge in [-0.2, -0.15) is 5.26 Å². The van der Waals surface area contributed by atoms with Gasteiger partial charge >= 0.3 is 0 Å². The van der Waals surface area contributed by atoms with Crippen molar-refractivity contribution in [2.24, 2.45) is 0 Å². The predicted octanol–water partition coefficient (Wildman–Crippen LogP) is 6.13. The molecular formula is C20H12BrN3OS. The van der Waals surface area contributed by atoms with Crippen LogP contribution in [-0.2, 0) is 0 Å². The van der Waals surface area contributed by atoms with Crippen LogP contribution in [-0.4, -0.2) is 9.97 Å². The van der Waals surface area contributed by atoms with Crippen molar-refractivity contribution in [2.45, 2.75) is 9.99 Å². The Bertz CT molecular complexity index is 1100. The molecule has 26 heavy (non-hydrogen) atoms. The Labute approximate surface area is 162 Å². The minimum atomic E-state index is 0.427. The number of hydrogen-bond acceptors (Lipinski definition) is 4. The molecule has 2 aromatic heterocycles. The van der Waals surface area contributed by atoms with Crippen molar-refractivity contribution in [1.29, 1.82) is 5.26 Å². The van der Waals surface area contributed by atoms with Gasteiger partial charge in [0.25, 0.3) is 0 Å². The van der Waals surface area contributed by atoms with Crippen LogP contribution in [0.5, 0.6) is 0 Å². The van der Waals surface area contributed by atoms with Crippen LogP contribution in [0.1, 0.15) is 11.6 Å². The first-order valence-electron chi connectivity index (χ1n) is 7.81. The van der Waals surface area contributed by atoms with Gasteiger partial charge in [-0.1, -0.05) is 39.8 Å². The Morgan fingerprint density at radius 3 is 2.69 bits per heavy atom. The number of aromatic amines is 1. The van der Waals surface area contributed by atoms with E-state index in [0.29, 0.717) is 17.2 Å². The predicted molar refractivity (Wildman–Crippen MR) is 107 cm³/mol. The minimum Gasteiger partial charge on any atom is -0.450 e. The number of hydrogen-bond donors (Lipinski definition) is 1. The van der Waals surface area contributed by atoms with E-state index in [0.717, 1.165) is 25.5 Å². The lowest BCUT2D eigenvalue weighted by molar-refractivity contribution is 0.466. The van der Waals surface area contributed by atoms with E-state index in [4.69, 9.17) is 4.42 Å². The van der Waals surface area contributed by atoms with Crippen LogP contribution in [0.25, 0.3) is 22.7 Å². The summed E-state index contributed by atoms with van der Waals surface area (Å²) in [5.74, 6) is 1.15. The quantitative estimate of drug-likeness (QED) is 0.402. The Morgan fingerprint density at radius 2 is 1.92 bits per heavy atom. The van der Waals surface area contributed by atoms with Gasteiger partial charge < -0.3 is 9.40 Å². The Balaban J connectivity index is 1.59. The molecule has 0 aliphatic carbocycles. The maximum Gasteiger partial charge on any atom is 0.165 e. The van der Waals surface area contributed by atoms with E-state index in [1.807, 2.05) is 60.7 Å². The molecule has 0 unspecified atom stereocenters. The molecule has 0 radical (unpaired) electrons. The van der Waals surface area contributed by atoms with Gasteiger partial charge in [0.2, 0.25) is 0 Å². The van der Waals surface area contributed by atoms with Crippen LogP contribution >= 0.6 is 27.7 Å². The number of rotatable bonds is 4. The molecule has 4 nitrogen and oxygen atoms in total. The second kappa shape index (κ2) is 7.24. The number of nitrogens with zero attached hydrogens (tertiary/aromatic N) is 2. The number of para-hydroxylation sites is 2. The molecule has 126 valence electrons. The number of nitriles is 1. The SMILES string of the molecule is N#CC(=Cc1ccc(Sc2ccc(Br)cc2)o1)c1nc2ccccc2[nH]1. The number of furan rings is 1. The number of halogens is 1. The van der Waals surface area contributed by atoms with Gasteiger partial charge in [-0.25, -0.2) is 4.98 Å². The monoisotopic (exact) mass is 421 g/mol. The number of H-pyrrole nitrogens is 1. The maximum absolute atomic E-state index is 9.50. The molecule has 0 fully saturated rings. The molecule has 0 amide bonds. The Kier molecular flexibility index (Phi) is 4.65. The van der Waals surface area contributed by atoms with Crippen LogP contribution in [0.15, 0.2) is 79.5 Å². The fourth-order valence-electron chi connectivity index (χ4n) is 2.46. The molecule has 6 heteroatoms. The molecule has 0 aliphatic rings. The van der Waals surface area contributed by atoms with E-state index < -0.39 is 0 Å². The normalized spacial score (nSPS) is 11.6. The third-order valence-electron chi connectivity index (χ3n) is 3.69. The van der Waals surface area contributed by atoms with Crippen molar-refractivity contribution in [3.05, 3.63) is 76.7 Å². The summed E-state index contributed by atoms with van der Waals surface area (Å²) in [5, 5.41) is 10.3. The van der Waals surface area contributed by atoms with E-state index in [1.165, 1.54) is 11.8 Å². The highest BCUT2D eigenvalue weighted by Crippen LogP contribution is 2.31. The van der Waals surface area contributed by atoms with E-state index in [1.54, 1.807) is 6.08 Å². The van der Waals surface area contributed by atoms with Crippen molar-refractivity contribution in [1.82, 2.24) is 9.97 Å². The highest BCUT2D eigenvalue weighted by molar-refractivity contribution is 9.10. The molecule has 2 aromatic carbocycles. The average Bonchev–Trinajstić information content (AvgIpc) is 3.28. The largest absolute Gasteiger partial charge is 0.450 e. The standard InChI is InChI=1S/C20H12BrN3OS/c21-14-5-8-16(9-6-14)26-19-10-7-15(25-19)11-13(12-22)20-23-17-3-1-2-4-18(17)24-20/h1-11H,(H,23,24). The zero-order chi connectivity index (χ0) is 17.9. The van der Waals surface area contributed by atoms with Gasteiger partial charge in [0.1, 0.15) is 17.7 Å². The number of fused-ring (bicyclic) bond motifs is 1. The molecule has 0 spiro atoms. The molecule has 0 atom stereocenters. The van der Waals surface area contributed by atoms with Gasteiger partial charge in [-0.15, -0.1) is 0 Å². The lowest BCUT2D eigenvalue weighted by atomic mass is 10.2. The van der Waals surface area contributed by atoms with Gasteiger partial charge in [0.05, 0.1) is 16.6 Å². The van der Waals surface area contributed by atoms with Gasteiger partial charge in [0, 0.05) is 15.4 Å². The maximum atomic E-state index is 9.50. The summed E-state index contributed by atoms with van der Waals surface area (Å²) in [6.07, 6.45) is 1.70. The van der Waals surface area contributed by atoms with Gasteiger partial charge in [-0.3, -0.25) is 0 Å². The number of allylic oxidation sites excluding steroid dienone is 1. The van der Waals surface area contributed by atoms with Crippen molar-refractivity contribution in [2.75, 3.05) is 0 Å². The van der Waals surface area contributed by atoms with Crippen LogP contribution in [0, 0.1) is 11.3 Å². The van der Waals surface area contributed by atoms with Crippen molar-refractivity contribution in [3.8, 4) is 6.07 Å². The number of nitrogens with one attached hydrogen (secondary N) is 1. The summed E-state index contributed by atoms with van der Waals surface area (Å²) in [7, 11) is 0. The van der Waals surface area contributed by atoms with Crippen LogP contribution in [0.3, 0.4) is 0 Å². The molecule has 0 bridgehead atoms. The Hall–Kier alpha value is -2.75. The fourth-order valence-corrected chi connectivity index (χ4v) is 3.50. The fraction of sp³-hybridized carbons (Fsp3) is 0. The molecule has 4 rings (SSSR count). The summed E-state index contributed by atoms with van der Waals surface area (Å²) in [6.45, 7) is 0. The molecular weight excluding hydrogens is 410 g/mol. The van der Waals surface area contributed by atoms with Crippen LogP contribution < -0.4 is 0 Å². The third-order valence-corrected chi connectivity index (χ3v) is 5.14. The first kappa shape index (κ1) is 16.7. The molecule has 0 aliphatic heterocycles. The van der Waals surface area contributed by atoms with Crippen molar-refractivity contribution in [3.63, 3.8) is 0 Å². The van der Waals surface area contributed by atoms with Gasteiger partial charge in [-0.05, 0) is 48.5 Å². The third kappa shape index (κ3) is 3.59. The number of imidazole rings is 1. The lowest BCUT2D eigenvalue weighted by Crippen LogP contribution is -1.84. The lowest BCUT2D eigenvalue weighted by Gasteiger charge is -1.98. The summed E-state index contributed by atoms with van der Waals surface area (Å²) in [6, 6.07) is 21.6. The second-order valence-electron chi connectivity index (χ2n) is 5.49. The van der Waals surface area contributed by atoms with Crippen LogP contribution in [0.4, 0.5) is 0 Å².